The number of nitrogens with zero attached hydrogens (tertiary/aromatic N) is 2. The van der Waals surface area contributed by atoms with Gasteiger partial charge in [0.2, 0.25) is 11.7 Å². The number of benzene rings is 1. The lowest BCUT2D eigenvalue weighted by Gasteiger charge is -2.12. The molecule has 0 aliphatic rings. The predicted octanol–water partition coefficient (Wildman–Crippen LogP) is 3.18. The fraction of sp³-hybridized carbons (Fsp3) is 0.467. The van der Waals surface area contributed by atoms with E-state index in [0.29, 0.717) is 24.2 Å². The first kappa shape index (κ1) is 14.5. The topological polar surface area (TPSA) is 74.2 Å². The number of rotatable bonds is 6. The van der Waals surface area contributed by atoms with Crippen molar-refractivity contribution in [3.05, 3.63) is 30.2 Å². The minimum Gasteiger partial charge on any atom is -0.494 e. The summed E-state index contributed by atoms with van der Waals surface area (Å²) in [7, 11) is 0. The summed E-state index contributed by atoms with van der Waals surface area (Å²) in [6.45, 7) is 6.74. The normalized spacial score (nSPS) is 14.0. The molecule has 20 heavy (non-hydrogen) atoms. The molecule has 0 fully saturated rings. The van der Waals surface area contributed by atoms with E-state index >= 15 is 0 Å². The quantitative estimate of drug-likeness (QED) is 0.876. The standard InChI is InChI=1S/C15H21N3O2/c1-4-10(3)13(16)15-17-14(18-20-15)11-7-6-8-12(9-11)19-5-2/h6-10,13H,4-5,16H2,1-3H3. The maximum atomic E-state index is 6.10. The molecule has 1 heterocycles. The summed E-state index contributed by atoms with van der Waals surface area (Å²) in [4.78, 5) is 4.39. The molecule has 0 saturated heterocycles. The summed E-state index contributed by atoms with van der Waals surface area (Å²) in [6.07, 6.45) is 0.971. The second-order valence-electron chi connectivity index (χ2n) is 4.83. The Morgan fingerprint density at radius 2 is 2.15 bits per heavy atom. The van der Waals surface area contributed by atoms with Crippen LogP contribution in [-0.4, -0.2) is 16.7 Å². The van der Waals surface area contributed by atoms with E-state index in [4.69, 9.17) is 15.0 Å². The average Bonchev–Trinajstić information content (AvgIpc) is 2.96. The van der Waals surface area contributed by atoms with Crippen LogP contribution < -0.4 is 10.5 Å². The third-order valence-corrected chi connectivity index (χ3v) is 3.39. The first-order valence-corrected chi connectivity index (χ1v) is 6.98. The monoisotopic (exact) mass is 275 g/mol. The fourth-order valence-corrected chi connectivity index (χ4v) is 1.88. The third kappa shape index (κ3) is 3.17. The van der Waals surface area contributed by atoms with Crippen molar-refractivity contribution in [2.24, 2.45) is 11.7 Å². The van der Waals surface area contributed by atoms with Crippen LogP contribution in [0.2, 0.25) is 0 Å². The highest BCUT2D eigenvalue weighted by molar-refractivity contribution is 5.56. The van der Waals surface area contributed by atoms with E-state index < -0.39 is 0 Å². The van der Waals surface area contributed by atoms with Gasteiger partial charge in [-0.15, -0.1) is 0 Å². The smallest absolute Gasteiger partial charge is 0.244 e. The van der Waals surface area contributed by atoms with Gasteiger partial charge in [-0.05, 0) is 25.0 Å². The van der Waals surface area contributed by atoms with Crippen LogP contribution in [0.25, 0.3) is 11.4 Å². The van der Waals surface area contributed by atoms with Crippen molar-refractivity contribution in [1.82, 2.24) is 10.1 Å². The predicted molar refractivity (Wildman–Crippen MR) is 77.3 cm³/mol. The molecule has 108 valence electrons. The van der Waals surface area contributed by atoms with Crippen LogP contribution in [0.4, 0.5) is 0 Å². The highest BCUT2D eigenvalue weighted by Crippen LogP contribution is 2.25. The molecule has 0 radical (unpaired) electrons. The van der Waals surface area contributed by atoms with Gasteiger partial charge < -0.3 is 15.0 Å². The fourth-order valence-electron chi connectivity index (χ4n) is 1.88. The molecule has 5 nitrogen and oxygen atoms in total. The molecule has 2 atom stereocenters. The Labute approximate surface area is 119 Å². The molecule has 2 aromatic rings. The summed E-state index contributed by atoms with van der Waals surface area (Å²) in [5.41, 5.74) is 6.96. The first-order valence-electron chi connectivity index (χ1n) is 6.98. The summed E-state index contributed by atoms with van der Waals surface area (Å²) < 4.78 is 10.7. The van der Waals surface area contributed by atoms with Crippen molar-refractivity contribution in [3.63, 3.8) is 0 Å². The van der Waals surface area contributed by atoms with Crippen LogP contribution in [0, 0.1) is 5.92 Å². The van der Waals surface area contributed by atoms with Crippen molar-refractivity contribution in [2.45, 2.75) is 33.2 Å². The van der Waals surface area contributed by atoms with Gasteiger partial charge in [0.15, 0.2) is 0 Å². The van der Waals surface area contributed by atoms with Gasteiger partial charge in [-0.2, -0.15) is 4.98 Å². The molecular formula is C15H21N3O2. The molecule has 0 saturated carbocycles. The van der Waals surface area contributed by atoms with Crippen molar-refractivity contribution in [1.29, 1.82) is 0 Å². The van der Waals surface area contributed by atoms with Crippen LogP contribution in [-0.2, 0) is 0 Å². The van der Waals surface area contributed by atoms with Gasteiger partial charge in [-0.1, -0.05) is 37.6 Å². The Kier molecular flexibility index (Phi) is 4.74. The van der Waals surface area contributed by atoms with E-state index in [1.165, 1.54) is 0 Å². The van der Waals surface area contributed by atoms with Crippen molar-refractivity contribution in [3.8, 4) is 17.1 Å². The maximum absolute atomic E-state index is 6.10. The van der Waals surface area contributed by atoms with Crippen LogP contribution in [0.3, 0.4) is 0 Å². The van der Waals surface area contributed by atoms with E-state index in [-0.39, 0.29) is 6.04 Å². The molecule has 5 heteroatoms. The second kappa shape index (κ2) is 6.52. The van der Waals surface area contributed by atoms with Crippen LogP contribution >= 0.6 is 0 Å². The van der Waals surface area contributed by atoms with Gasteiger partial charge in [0.1, 0.15) is 5.75 Å². The molecule has 0 bridgehead atoms. The largest absolute Gasteiger partial charge is 0.494 e. The Bertz CT molecular complexity index is 554. The zero-order valence-corrected chi connectivity index (χ0v) is 12.2. The Hall–Kier alpha value is -1.88. The van der Waals surface area contributed by atoms with E-state index in [0.717, 1.165) is 17.7 Å². The maximum Gasteiger partial charge on any atom is 0.244 e. The molecule has 0 spiro atoms. The number of hydrogen-bond donors (Lipinski definition) is 1. The van der Waals surface area contributed by atoms with Crippen molar-refractivity contribution < 1.29 is 9.26 Å². The molecule has 1 aromatic carbocycles. The lowest BCUT2D eigenvalue weighted by atomic mass is 10.0. The molecule has 2 unspecified atom stereocenters. The van der Waals surface area contributed by atoms with Gasteiger partial charge in [-0.3, -0.25) is 0 Å². The van der Waals surface area contributed by atoms with Gasteiger partial charge in [0.05, 0.1) is 12.6 Å². The molecule has 0 amide bonds. The Morgan fingerprint density at radius 3 is 2.85 bits per heavy atom. The third-order valence-electron chi connectivity index (χ3n) is 3.39. The highest BCUT2D eigenvalue weighted by Gasteiger charge is 2.20. The second-order valence-corrected chi connectivity index (χ2v) is 4.83. The van der Waals surface area contributed by atoms with E-state index in [1.54, 1.807) is 0 Å². The van der Waals surface area contributed by atoms with Crippen molar-refractivity contribution >= 4 is 0 Å². The van der Waals surface area contributed by atoms with E-state index in [1.807, 2.05) is 31.2 Å². The average molecular weight is 275 g/mol. The van der Waals surface area contributed by atoms with E-state index in [2.05, 4.69) is 24.0 Å². The van der Waals surface area contributed by atoms with Crippen LogP contribution in [0.1, 0.15) is 39.1 Å². The number of hydrogen-bond acceptors (Lipinski definition) is 5. The first-order chi connectivity index (χ1) is 9.65. The molecule has 0 aliphatic heterocycles. The van der Waals surface area contributed by atoms with Gasteiger partial charge >= 0.3 is 0 Å². The minimum atomic E-state index is -0.226. The SMILES string of the molecule is CCOc1cccc(-c2noc(C(N)C(C)CC)n2)c1. The highest BCUT2D eigenvalue weighted by atomic mass is 16.5. The Balaban J connectivity index is 2.22. The molecule has 0 aliphatic carbocycles. The molecule has 1 aromatic heterocycles. The zero-order chi connectivity index (χ0) is 14.5. The molecule has 2 rings (SSSR count). The minimum absolute atomic E-state index is 0.226. The summed E-state index contributed by atoms with van der Waals surface area (Å²) in [5.74, 6) is 2.12. The van der Waals surface area contributed by atoms with Gasteiger partial charge in [-0.25, -0.2) is 0 Å². The summed E-state index contributed by atoms with van der Waals surface area (Å²) in [6, 6.07) is 7.40. The summed E-state index contributed by atoms with van der Waals surface area (Å²) in [5, 5.41) is 4.00. The lowest BCUT2D eigenvalue weighted by Crippen LogP contribution is -2.18. The number of aromatic nitrogens is 2. The van der Waals surface area contributed by atoms with Crippen molar-refractivity contribution in [2.75, 3.05) is 6.61 Å². The number of nitrogens with two attached hydrogens (primary N) is 1. The van der Waals surface area contributed by atoms with Crippen LogP contribution in [0.5, 0.6) is 5.75 Å². The molecule has 2 N–H and O–H groups in total. The van der Waals surface area contributed by atoms with E-state index in [9.17, 15) is 0 Å². The van der Waals surface area contributed by atoms with Crippen LogP contribution in [0.15, 0.2) is 28.8 Å². The lowest BCUT2D eigenvalue weighted by molar-refractivity contribution is 0.312. The molecular weight excluding hydrogens is 254 g/mol. The summed E-state index contributed by atoms with van der Waals surface area (Å²) >= 11 is 0. The zero-order valence-electron chi connectivity index (χ0n) is 12.2. The Morgan fingerprint density at radius 1 is 1.35 bits per heavy atom. The van der Waals surface area contributed by atoms with Gasteiger partial charge in [0, 0.05) is 5.56 Å². The van der Waals surface area contributed by atoms with Gasteiger partial charge in [0.25, 0.3) is 0 Å². The number of ether oxygens (including phenoxy) is 1.